The van der Waals surface area contributed by atoms with Crippen LogP contribution in [-0.4, -0.2) is 139 Å². The first-order valence-corrected chi connectivity index (χ1v) is 36.3. The summed E-state index contributed by atoms with van der Waals surface area (Å²) < 4.78 is 30.5. The third-order valence-electron chi connectivity index (χ3n) is 20.6. The number of benzene rings is 4. The number of nitrogens with one attached hydrogen (secondary N) is 12. The number of hydrogen-bond donors (Lipinski definition) is 16. The Labute approximate surface area is 610 Å². The summed E-state index contributed by atoms with van der Waals surface area (Å²) >= 11 is 0. The maximum Gasteiger partial charge on any atom is 0.331 e. The molecule has 104 heavy (non-hydrogen) atoms. The zero-order valence-electron chi connectivity index (χ0n) is 61.7. The maximum absolute atomic E-state index is 14.9. The van der Waals surface area contributed by atoms with Gasteiger partial charge in [-0.25, -0.2) is 9.59 Å². The van der Waals surface area contributed by atoms with E-state index in [1.165, 1.54) is 0 Å². The van der Waals surface area contributed by atoms with Crippen molar-refractivity contribution in [2.45, 2.75) is 205 Å². The number of likely N-dealkylation sites (tertiary alicyclic amines) is 1. The zero-order valence-corrected chi connectivity index (χ0v) is 61.7. The fraction of sp³-hybridized carbons (Fsp3) is 0.539. The molecule has 566 valence electrons. The minimum atomic E-state index is -1.23. The van der Waals surface area contributed by atoms with Crippen LogP contribution in [0.15, 0.2) is 96.8 Å². The Hall–Kier alpha value is -9.35. The lowest BCUT2D eigenvalue weighted by molar-refractivity contribution is -0.150. The van der Waals surface area contributed by atoms with Gasteiger partial charge in [0.25, 0.3) is 0 Å². The van der Waals surface area contributed by atoms with Crippen LogP contribution in [0.1, 0.15) is 169 Å². The number of likely N-dealkylation sites (N-methyl/N-ethyl adjacent to an activating group) is 1. The number of esters is 4. The average Bonchev–Trinajstić information content (AvgIpc) is 1.34. The predicted molar refractivity (Wildman–Crippen MR) is 400 cm³/mol. The van der Waals surface area contributed by atoms with Crippen LogP contribution in [0.4, 0.5) is 17.1 Å². The number of guanidine groups is 3. The number of rotatable bonds is 40. The summed E-state index contributed by atoms with van der Waals surface area (Å²) in [6, 6.07) is 22.0. The molecule has 1 saturated heterocycles. The van der Waals surface area contributed by atoms with Gasteiger partial charge in [0.05, 0.1) is 28.8 Å². The molecule has 8 rings (SSSR count). The van der Waals surface area contributed by atoms with Crippen LogP contribution in [0.25, 0.3) is 0 Å². The second-order valence-corrected chi connectivity index (χ2v) is 29.7. The van der Waals surface area contributed by atoms with Crippen LogP contribution in [0, 0.1) is 33.0 Å². The molecule has 2 amide bonds. The van der Waals surface area contributed by atoms with Gasteiger partial charge in [0.2, 0.25) is 11.8 Å². The van der Waals surface area contributed by atoms with Crippen LogP contribution >= 0.6 is 0 Å². The van der Waals surface area contributed by atoms with Crippen LogP contribution in [-0.2, 0) is 45.3 Å². The van der Waals surface area contributed by atoms with Crippen molar-refractivity contribution in [3.05, 3.63) is 108 Å². The van der Waals surface area contributed by atoms with E-state index in [1.54, 1.807) is 120 Å². The van der Waals surface area contributed by atoms with E-state index in [9.17, 15) is 33.9 Å². The fourth-order valence-corrected chi connectivity index (χ4v) is 14.4. The number of anilines is 3. The van der Waals surface area contributed by atoms with Gasteiger partial charge in [-0.05, 0) is 216 Å². The molecule has 4 aliphatic rings. The molecule has 0 aromatic heterocycles. The molecule has 7 atom stereocenters. The van der Waals surface area contributed by atoms with Crippen molar-refractivity contribution in [1.82, 2.24) is 36.8 Å². The first kappa shape index (κ1) is 80.3. The average molecular weight is 1440 g/mol. The lowest BCUT2D eigenvalue weighted by Crippen LogP contribution is -2.69. The first-order chi connectivity index (χ1) is 49.4. The number of aromatic hydroxyl groups is 1. The van der Waals surface area contributed by atoms with Crippen LogP contribution in [0.2, 0.25) is 0 Å². The van der Waals surface area contributed by atoms with Gasteiger partial charge in [0.15, 0.2) is 35.5 Å². The Balaban J connectivity index is 0.901. The standard InChI is InChI=1S/C76H110N16O12/c1-10-11-12-13-21-55(85-45-87-73(4,5)67(98)101-53-32-26-50(27-33-53)90-70(79)80)63(94)84-42-17-15-22-56(86-46-88-74(6,7)68(99)102-54-34-28-51(29-35-54)91-71(81)82)64(95)83-41-16-14-19-47(20-18-38-72(2,3)66(97)100-52-30-24-49(25-31-52)89-69(77)78)65(96)103-58-37-39-75(8)59-44-48-23-36-57(93)61-60(48)76(75,62(58)104-61)40-43-92(59)9/h23-37,47,55-56,59,62,85-88,93H,10-22,38-46H2,1-9H3,(H,83,95)(H,84,94)(H4,77,78,89)(H4,79,80,90)(H4,81,82,91)/t47-,55+,56+,59-,62+,75+,76+/m1/s1. The number of hydrogen-bond acceptors (Lipinski definition) is 20. The summed E-state index contributed by atoms with van der Waals surface area (Å²) in [7, 11) is 2.16. The predicted octanol–water partition coefficient (Wildman–Crippen LogP) is 8.15. The summed E-state index contributed by atoms with van der Waals surface area (Å²) in [4.78, 5) is 86.2. The Kier molecular flexibility index (Phi) is 27.7. The summed E-state index contributed by atoms with van der Waals surface area (Å²) in [5.41, 5.74) is 16.1. The molecule has 4 aromatic carbocycles. The second kappa shape index (κ2) is 35.9. The normalized spacial score (nSPS) is 18.9. The number of phenols is 1. The molecule has 1 fully saturated rings. The summed E-state index contributed by atoms with van der Waals surface area (Å²) in [6.07, 6.45) is 12.0. The fourth-order valence-electron chi connectivity index (χ4n) is 14.4. The van der Waals surface area contributed by atoms with Crippen molar-refractivity contribution >= 4 is 70.6 Å². The summed E-state index contributed by atoms with van der Waals surface area (Å²) in [6.45, 7) is 16.3. The van der Waals surface area contributed by atoms with Crippen molar-refractivity contribution < 1.29 is 57.6 Å². The zero-order chi connectivity index (χ0) is 75.6. The molecule has 4 aromatic rings. The van der Waals surface area contributed by atoms with Crippen molar-refractivity contribution in [3.63, 3.8) is 0 Å². The number of piperidine rings is 1. The topological polar surface area (TPSA) is 430 Å². The number of nitrogens with zero attached hydrogens (tertiary/aromatic N) is 1. The number of carbonyl (C=O) groups is 6. The molecule has 0 saturated carbocycles. The molecule has 0 radical (unpaired) electrons. The third kappa shape index (κ3) is 20.8. The number of carbonyl (C=O) groups excluding carboxylic acids is 6. The van der Waals surface area contributed by atoms with Gasteiger partial charge in [-0.15, -0.1) is 0 Å². The number of nitrogens with two attached hydrogens (primary N) is 3. The van der Waals surface area contributed by atoms with E-state index in [-0.39, 0.29) is 72.5 Å². The largest absolute Gasteiger partial charge is 0.504 e. The summed E-state index contributed by atoms with van der Waals surface area (Å²) in [5, 5.41) is 61.0. The molecular formula is C76H110N16O12. The third-order valence-corrected chi connectivity index (χ3v) is 20.6. The number of allylic oxidation sites excluding steroid dienone is 1. The Morgan fingerprint density at radius 1 is 0.615 bits per heavy atom. The van der Waals surface area contributed by atoms with E-state index in [0.717, 1.165) is 56.2 Å². The van der Waals surface area contributed by atoms with Crippen molar-refractivity contribution in [2.75, 3.05) is 56.0 Å². The highest BCUT2D eigenvalue weighted by Crippen LogP contribution is 2.69. The number of unbranched alkanes of at least 4 members (excludes halogenated alkanes) is 5. The highest BCUT2D eigenvalue weighted by atomic mass is 16.6. The number of ether oxygens (including phenoxy) is 5. The van der Waals surface area contributed by atoms with Gasteiger partial charge in [0, 0.05) is 60.5 Å². The quantitative estimate of drug-likeness (QED) is 0.00498. The molecule has 2 heterocycles. The smallest absolute Gasteiger partial charge is 0.331 e. The molecule has 0 unspecified atom stereocenters. The van der Waals surface area contributed by atoms with Gasteiger partial charge in [-0.1, -0.05) is 58.4 Å². The maximum atomic E-state index is 14.9. The molecule has 28 nitrogen and oxygen atoms in total. The van der Waals surface area contributed by atoms with E-state index < -0.39 is 69.9 Å². The van der Waals surface area contributed by atoms with Crippen molar-refractivity contribution in [3.8, 4) is 28.7 Å². The van der Waals surface area contributed by atoms with E-state index in [4.69, 9.17) is 57.1 Å². The monoisotopic (exact) mass is 1440 g/mol. The Morgan fingerprint density at radius 3 is 1.56 bits per heavy atom. The number of phenolic OH excluding ortho intramolecular Hbond substituents is 1. The van der Waals surface area contributed by atoms with Gasteiger partial charge in [-0.3, -0.25) is 56.7 Å². The van der Waals surface area contributed by atoms with Gasteiger partial charge < -0.3 is 77.5 Å². The van der Waals surface area contributed by atoms with Crippen LogP contribution in [0.3, 0.4) is 0 Å². The molecule has 2 aliphatic carbocycles. The molecular weight excluding hydrogens is 1330 g/mol. The molecule has 2 bridgehead atoms. The molecule has 19 N–H and O–H groups in total. The van der Waals surface area contributed by atoms with Crippen molar-refractivity contribution in [2.24, 2.45) is 33.9 Å². The summed E-state index contributed by atoms with van der Waals surface area (Å²) in [5.74, 6) is -1.94. The van der Waals surface area contributed by atoms with E-state index in [1.807, 2.05) is 12.1 Å². The van der Waals surface area contributed by atoms with Crippen LogP contribution in [0.5, 0.6) is 28.7 Å². The highest BCUT2D eigenvalue weighted by molar-refractivity contribution is 5.91. The SMILES string of the molecule is CCCCCC[C@H](NCNC(C)(C)C(=O)Oc1ccc(NC(=N)N)cc1)C(=O)NCCCC[C@H](NCNC(C)(C)C(=O)Oc1ccc(NC(=N)N)cc1)C(=O)NCCCC[C@H](CCCC(C)(C)C(=O)Oc1ccc(NC(=N)N)cc1)C(=O)OC1=CC[C@@]2(C)[C@H]3Cc4ccc(O)c5c4[C@@]2(CCN3C)[C@H]1O5. The molecule has 28 heteroatoms. The van der Waals surface area contributed by atoms with Crippen LogP contribution < -0.4 is 84.0 Å². The lowest BCUT2D eigenvalue weighted by atomic mass is 9.45. The van der Waals surface area contributed by atoms with E-state index >= 15 is 0 Å². The highest BCUT2D eigenvalue weighted by Gasteiger charge is 2.70. The van der Waals surface area contributed by atoms with E-state index in [0.29, 0.717) is 117 Å². The van der Waals surface area contributed by atoms with E-state index in [2.05, 4.69) is 73.6 Å². The molecule has 2 aliphatic heterocycles. The second-order valence-electron chi connectivity index (χ2n) is 29.7. The Morgan fingerprint density at radius 2 is 1.08 bits per heavy atom. The first-order valence-electron chi connectivity index (χ1n) is 36.3. The van der Waals surface area contributed by atoms with Gasteiger partial charge >= 0.3 is 23.9 Å². The minimum absolute atomic E-state index is 0.0272. The number of amides is 2. The Bertz CT molecular complexity index is 3720. The van der Waals surface area contributed by atoms with Crippen molar-refractivity contribution in [1.29, 1.82) is 16.2 Å². The minimum Gasteiger partial charge on any atom is -0.504 e. The van der Waals surface area contributed by atoms with Gasteiger partial charge in [-0.2, -0.15) is 0 Å². The van der Waals surface area contributed by atoms with Gasteiger partial charge in [0.1, 0.15) is 34.1 Å². The molecule has 1 spiro atoms. The lowest BCUT2D eigenvalue weighted by Gasteiger charge is -2.63.